The average molecular weight is 357 g/mol. The summed E-state index contributed by atoms with van der Waals surface area (Å²) < 4.78 is 4.99. The lowest BCUT2D eigenvalue weighted by Gasteiger charge is -2.07. The fourth-order valence-corrected chi connectivity index (χ4v) is 2.52. The Kier molecular flexibility index (Phi) is 5.30. The second kappa shape index (κ2) is 7.81. The Balaban J connectivity index is 1.57. The molecule has 0 spiro atoms. The van der Waals surface area contributed by atoms with Gasteiger partial charge in [-0.25, -0.2) is 4.98 Å². The van der Waals surface area contributed by atoms with E-state index in [1.165, 1.54) is 0 Å². The van der Waals surface area contributed by atoms with Crippen molar-refractivity contribution >= 4 is 29.1 Å². The fourth-order valence-electron chi connectivity index (χ4n) is 2.31. The van der Waals surface area contributed by atoms with Crippen LogP contribution in [0.25, 0.3) is 0 Å². The first-order valence-electron chi connectivity index (χ1n) is 7.79. The lowest BCUT2D eigenvalue weighted by atomic mass is 10.1. The van der Waals surface area contributed by atoms with E-state index in [2.05, 4.69) is 20.8 Å². The molecule has 0 unspecified atom stereocenters. The SMILES string of the molecule is Cc1cc(Nc2cc(C(=O)NCCc3cccc(Cl)c3)ccn2)no1. The quantitative estimate of drug-likeness (QED) is 0.703. The summed E-state index contributed by atoms with van der Waals surface area (Å²) in [7, 11) is 0. The molecule has 2 aromatic heterocycles. The molecule has 0 bridgehead atoms. The molecule has 7 heteroatoms. The summed E-state index contributed by atoms with van der Waals surface area (Å²) in [6, 6.07) is 12.7. The molecular weight excluding hydrogens is 340 g/mol. The molecular formula is C18H17ClN4O2. The molecule has 25 heavy (non-hydrogen) atoms. The number of amides is 1. The van der Waals surface area contributed by atoms with Gasteiger partial charge in [-0.2, -0.15) is 0 Å². The van der Waals surface area contributed by atoms with Gasteiger partial charge < -0.3 is 15.2 Å². The minimum Gasteiger partial charge on any atom is -0.360 e. The summed E-state index contributed by atoms with van der Waals surface area (Å²) in [5, 5.41) is 10.4. The Morgan fingerprint density at radius 1 is 1.20 bits per heavy atom. The third-order valence-electron chi connectivity index (χ3n) is 3.49. The lowest BCUT2D eigenvalue weighted by Crippen LogP contribution is -2.25. The first kappa shape index (κ1) is 17.0. The molecule has 3 aromatic rings. The van der Waals surface area contributed by atoms with Crippen molar-refractivity contribution in [1.82, 2.24) is 15.5 Å². The van der Waals surface area contributed by atoms with Crippen LogP contribution in [-0.2, 0) is 6.42 Å². The molecule has 2 N–H and O–H groups in total. The van der Waals surface area contributed by atoms with E-state index >= 15 is 0 Å². The van der Waals surface area contributed by atoms with Crippen LogP contribution in [0.15, 0.2) is 53.2 Å². The molecule has 0 aliphatic rings. The number of halogens is 1. The van der Waals surface area contributed by atoms with Gasteiger partial charge in [-0.15, -0.1) is 0 Å². The Labute approximate surface area is 150 Å². The van der Waals surface area contributed by atoms with E-state index < -0.39 is 0 Å². The number of nitrogens with zero attached hydrogens (tertiary/aromatic N) is 2. The molecule has 2 heterocycles. The number of nitrogens with one attached hydrogen (secondary N) is 2. The summed E-state index contributed by atoms with van der Waals surface area (Å²) in [5.74, 6) is 1.60. The number of aryl methyl sites for hydroxylation is 1. The topological polar surface area (TPSA) is 80.0 Å². The minimum atomic E-state index is -0.163. The van der Waals surface area contributed by atoms with Gasteiger partial charge in [-0.3, -0.25) is 4.79 Å². The van der Waals surface area contributed by atoms with E-state index in [1.54, 1.807) is 31.3 Å². The maximum Gasteiger partial charge on any atom is 0.251 e. The van der Waals surface area contributed by atoms with E-state index in [-0.39, 0.29) is 5.91 Å². The number of carbonyl (C=O) groups excluding carboxylic acids is 1. The van der Waals surface area contributed by atoms with Crippen LogP contribution in [0.2, 0.25) is 5.02 Å². The molecule has 128 valence electrons. The van der Waals surface area contributed by atoms with Crippen LogP contribution < -0.4 is 10.6 Å². The molecule has 3 rings (SSSR count). The Hall–Kier alpha value is -2.86. The lowest BCUT2D eigenvalue weighted by molar-refractivity contribution is 0.0954. The van der Waals surface area contributed by atoms with Gasteiger partial charge in [0.05, 0.1) is 0 Å². The van der Waals surface area contributed by atoms with Crippen LogP contribution in [-0.4, -0.2) is 22.6 Å². The number of hydrogen-bond acceptors (Lipinski definition) is 5. The highest BCUT2D eigenvalue weighted by Crippen LogP contribution is 2.15. The second-order valence-electron chi connectivity index (χ2n) is 5.51. The zero-order valence-corrected chi connectivity index (χ0v) is 14.4. The van der Waals surface area contributed by atoms with E-state index in [0.717, 1.165) is 5.56 Å². The summed E-state index contributed by atoms with van der Waals surface area (Å²) >= 11 is 5.95. The third-order valence-corrected chi connectivity index (χ3v) is 3.73. The average Bonchev–Trinajstić information content (AvgIpc) is 3.00. The van der Waals surface area contributed by atoms with Crippen molar-refractivity contribution in [3.8, 4) is 0 Å². The maximum absolute atomic E-state index is 12.3. The van der Waals surface area contributed by atoms with Gasteiger partial charge in [-0.05, 0) is 43.2 Å². The molecule has 0 fully saturated rings. The monoisotopic (exact) mass is 356 g/mol. The van der Waals surface area contributed by atoms with Gasteiger partial charge in [0.15, 0.2) is 5.82 Å². The molecule has 0 saturated heterocycles. The molecule has 0 saturated carbocycles. The molecule has 0 aliphatic carbocycles. The molecule has 1 aromatic carbocycles. The van der Waals surface area contributed by atoms with E-state index in [4.69, 9.17) is 16.1 Å². The summed E-state index contributed by atoms with van der Waals surface area (Å²) in [6.45, 7) is 2.32. The van der Waals surface area contributed by atoms with Crippen molar-refractivity contribution in [1.29, 1.82) is 0 Å². The summed E-state index contributed by atoms with van der Waals surface area (Å²) in [4.78, 5) is 16.5. The van der Waals surface area contributed by atoms with Crippen molar-refractivity contribution in [2.75, 3.05) is 11.9 Å². The van der Waals surface area contributed by atoms with Crippen molar-refractivity contribution in [2.45, 2.75) is 13.3 Å². The van der Waals surface area contributed by atoms with Crippen molar-refractivity contribution < 1.29 is 9.32 Å². The number of rotatable bonds is 6. The van der Waals surface area contributed by atoms with Gasteiger partial charge >= 0.3 is 0 Å². The number of aromatic nitrogens is 2. The van der Waals surface area contributed by atoms with Crippen molar-refractivity contribution in [3.05, 3.63) is 70.6 Å². The number of anilines is 2. The third kappa shape index (κ3) is 4.81. The normalized spacial score (nSPS) is 10.5. The van der Waals surface area contributed by atoms with E-state index in [9.17, 15) is 4.79 Å². The zero-order chi connectivity index (χ0) is 17.6. The van der Waals surface area contributed by atoms with E-state index in [1.807, 2.05) is 24.3 Å². The Bertz CT molecular complexity index is 879. The predicted molar refractivity (Wildman–Crippen MR) is 96.2 cm³/mol. The van der Waals surface area contributed by atoms with Gasteiger partial charge in [0, 0.05) is 29.4 Å². The number of benzene rings is 1. The van der Waals surface area contributed by atoms with Gasteiger partial charge in [-0.1, -0.05) is 28.9 Å². The van der Waals surface area contributed by atoms with Crippen LogP contribution >= 0.6 is 11.6 Å². The van der Waals surface area contributed by atoms with Crippen LogP contribution in [0.5, 0.6) is 0 Å². The second-order valence-corrected chi connectivity index (χ2v) is 5.95. The number of pyridine rings is 1. The highest BCUT2D eigenvalue weighted by atomic mass is 35.5. The maximum atomic E-state index is 12.3. The first-order valence-corrected chi connectivity index (χ1v) is 8.17. The van der Waals surface area contributed by atoms with Crippen LogP contribution in [0.1, 0.15) is 21.7 Å². The zero-order valence-electron chi connectivity index (χ0n) is 13.6. The molecule has 0 radical (unpaired) electrons. The van der Waals surface area contributed by atoms with Crippen LogP contribution in [0, 0.1) is 6.92 Å². The number of hydrogen-bond donors (Lipinski definition) is 2. The highest BCUT2D eigenvalue weighted by Gasteiger charge is 2.08. The standard InChI is InChI=1S/C18H17ClN4O2/c1-12-9-17(23-25-12)22-16-11-14(6-8-20-16)18(24)21-7-5-13-3-2-4-15(19)10-13/h2-4,6,8-11H,5,7H2,1H3,(H,21,24)(H,20,22,23). The Morgan fingerprint density at radius 2 is 2.08 bits per heavy atom. The largest absolute Gasteiger partial charge is 0.360 e. The predicted octanol–water partition coefficient (Wildman–Crippen LogP) is 3.75. The fraction of sp³-hybridized carbons (Fsp3) is 0.167. The molecule has 0 atom stereocenters. The van der Waals surface area contributed by atoms with Crippen LogP contribution in [0.3, 0.4) is 0 Å². The van der Waals surface area contributed by atoms with Crippen molar-refractivity contribution in [2.24, 2.45) is 0 Å². The minimum absolute atomic E-state index is 0.163. The molecule has 0 aliphatic heterocycles. The number of carbonyl (C=O) groups is 1. The summed E-state index contributed by atoms with van der Waals surface area (Å²) in [6.07, 6.45) is 2.28. The van der Waals surface area contributed by atoms with Crippen LogP contribution in [0.4, 0.5) is 11.6 Å². The molecule has 6 nitrogen and oxygen atoms in total. The first-order chi connectivity index (χ1) is 12.1. The van der Waals surface area contributed by atoms with Gasteiger partial charge in [0.1, 0.15) is 11.6 Å². The summed E-state index contributed by atoms with van der Waals surface area (Å²) in [5.41, 5.74) is 1.59. The van der Waals surface area contributed by atoms with Gasteiger partial charge in [0.2, 0.25) is 0 Å². The van der Waals surface area contributed by atoms with Gasteiger partial charge in [0.25, 0.3) is 5.91 Å². The highest BCUT2D eigenvalue weighted by molar-refractivity contribution is 6.30. The van der Waals surface area contributed by atoms with Crippen molar-refractivity contribution in [3.63, 3.8) is 0 Å². The smallest absolute Gasteiger partial charge is 0.251 e. The molecule has 1 amide bonds. The Morgan fingerprint density at radius 3 is 2.84 bits per heavy atom. The van der Waals surface area contributed by atoms with E-state index in [0.29, 0.717) is 40.9 Å².